The SMILES string of the molecule is Nc1ccc(S(N)(=O)=O)cc1NCC1(CCO)CC1. The lowest BCUT2D eigenvalue weighted by molar-refractivity contribution is 0.253. The number of hydrogen-bond acceptors (Lipinski definition) is 5. The molecule has 1 aromatic carbocycles. The third kappa shape index (κ3) is 3.37. The molecule has 7 heteroatoms. The molecule has 106 valence electrons. The van der Waals surface area contributed by atoms with Crippen LogP contribution in [0.3, 0.4) is 0 Å². The van der Waals surface area contributed by atoms with Crippen LogP contribution in [0.15, 0.2) is 23.1 Å². The van der Waals surface area contributed by atoms with Gasteiger partial charge in [-0.15, -0.1) is 0 Å². The highest BCUT2D eigenvalue weighted by molar-refractivity contribution is 7.89. The van der Waals surface area contributed by atoms with Gasteiger partial charge >= 0.3 is 0 Å². The molecule has 6 nitrogen and oxygen atoms in total. The third-order valence-electron chi connectivity index (χ3n) is 3.61. The summed E-state index contributed by atoms with van der Waals surface area (Å²) >= 11 is 0. The number of primary sulfonamides is 1. The van der Waals surface area contributed by atoms with Gasteiger partial charge in [0.2, 0.25) is 10.0 Å². The Labute approximate surface area is 112 Å². The maximum Gasteiger partial charge on any atom is 0.238 e. The molecule has 0 unspecified atom stereocenters. The molecule has 0 atom stereocenters. The Bertz CT molecular complexity index is 568. The minimum absolute atomic E-state index is 0.0382. The fourth-order valence-corrected chi connectivity index (χ4v) is 2.62. The van der Waals surface area contributed by atoms with Gasteiger partial charge in [-0.25, -0.2) is 13.6 Å². The molecule has 1 aliphatic rings. The predicted molar refractivity (Wildman–Crippen MR) is 74.1 cm³/mol. The Hall–Kier alpha value is -1.31. The van der Waals surface area contributed by atoms with Crippen LogP contribution >= 0.6 is 0 Å². The zero-order valence-corrected chi connectivity index (χ0v) is 11.4. The van der Waals surface area contributed by atoms with Crippen molar-refractivity contribution in [2.45, 2.75) is 24.2 Å². The first kappa shape index (κ1) is 14.1. The van der Waals surface area contributed by atoms with Gasteiger partial charge in [-0.05, 0) is 42.9 Å². The largest absolute Gasteiger partial charge is 0.397 e. The average molecular weight is 285 g/mol. The van der Waals surface area contributed by atoms with E-state index in [1.54, 1.807) is 0 Å². The molecule has 1 aliphatic carbocycles. The molecule has 6 N–H and O–H groups in total. The van der Waals surface area contributed by atoms with Gasteiger partial charge in [0, 0.05) is 13.2 Å². The maximum atomic E-state index is 11.3. The Morgan fingerprint density at radius 2 is 2.05 bits per heavy atom. The maximum absolute atomic E-state index is 11.3. The molecule has 1 aromatic rings. The Balaban J connectivity index is 2.12. The molecule has 19 heavy (non-hydrogen) atoms. The molecular weight excluding hydrogens is 266 g/mol. The van der Waals surface area contributed by atoms with Crippen molar-refractivity contribution >= 4 is 21.4 Å². The number of nitrogens with one attached hydrogen (secondary N) is 1. The smallest absolute Gasteiger partial charge is 0.238 e. The second-order valence-corrected chi connectivity index (χ2v) is 6.68. The molecule has 0 aromatic heterocycles. The van der Waals surface area contributed by atoms with E-state index in [0.717, 1.165) is 19.3 Å². The number of rotatable bonds is 6. The molecule has 0 amide bonds. The van der Waals surface area contributed by atoms with Crippen LogP contribution in [0.2, 0.25) is 0 Å². The molecule has 0 heterocycles. The lowest BCUT2D eigenvalue weighted by atomic mass is 10.0. The first-order valence-corrected chi connectivity index (χ1v) is 7.68. The Morgan fingerprint density at radius 1 is 1.37 bits per heavy atom. The van der Waals surface area contributed by atoms with Gasteiger partial charge in [0.25, 0.3) is 0 Å². The minimum Gasteiger partial charge on any atom is -0.397 e. The van der Waals surface area contributed by atoms with Crippen LogP contribution in [-0.2, 0) is 10.0 Å². The van der Waals surface area contributed by atoms with Gasteiger partial charge in [-0.1, -0.05) is 0 Å². The minimum atomic E-state index is -3.73. The third-order valence-corrected chi connectivity index (χ3v) is 4.52. The molecule has 0 saturated heterocycles. The number of benzene rings is 1. The molecule has 2 rings (SSSR count). The molecule has 0 aliphatic heterocycles. The van der Waals surface area contributed by atoms with E-state index in [2.05, 4.69) is 5.32 Å². The molecular formula is C12H19N3O3S. The zero-order chi connectivity index (χ0) is 14.1. The van der Waals surface area contributed by atoms with Crippen molar-refractivity contribution in [3.63, 3.8) is 0 Å². The summed E-state index contributed by atoms with van der Waals surface area (Å²) < 4.78 is 22.6. The summed E-state index contributed by atoms with van der Waals surface area (Å²) in [5.74, 6) is 0. The number of sulfonamides is 1. The fraction of sp³-hybridized carbons (Fsp3) is 0.500. The summed E-state index contributed by atoms with van der Waals surface area (Å²) in [6, 6.07) is 4.35. The van der Waals surface area contributed by atoms with Gasteiger partial charge in [-0.2, -0.15) is 0 Å². The highest BCUT2D eigenvalue weighted by Crippen LogP contribution is 2.48. The normalized spacial score (nSPS) is 17.2. The standard InChI is InChI=1S/C12H19N3O3S/c13-10-2-1-9(19(14,17)18)7-11(10)15-8-12(3-4-12)5-6-16/h1-2,7,15-16H,3-6,8,13H2,(H2,14,17,18). The summed E-state index contributed by atoms with van der Waals surface area (Å²) in [5, 5.41) is 17.2. The van der Waals surface area contributed by atoms with E-state index in [9.17, 15) is 8.42 Å². The Kier molecular flexibility index (Phi) is 3.71. The van der Waals surface area contributed by atoms with E-state index in [-0.39, 0.29) is 16.9 Å². The first-order valence-electron chi connectivity index (χ1n) is 6.13. The van der Waals surface area contributed by atoms with Crippen molar-refractivity contribution in [3.8, 4) is 0 Å². The zero-order valence-electron chi connectivity index (χ0n) is 10.6. The van der Waals surface area contributed by atoms with Crippen molar-refractivity contribution in [2.24, 2.45) is 10.6 Å². The number of anilines is 2. The van der Waals surface area contributed by atoms with E-state index in [0.29, 0.717) is 17.9 Å². The lowest BCUT2D eigenvalue weighted by Crippen LogP contribution is -2.18. The quantitative estimate of drug-likeness (QED) is 0.567. The van der Waals surface area contributed by atoms with Crippen LogP contribution in [-0.4, -0.2) is 26.7 Å². The van der Waals surface area contributed by atoms with Gasteiger partial charge < -0.3 is 16.2 Å². The summed E-state index contributed by atoms with van der Waals surface area (Å²) in [4.78, 5) is 0.0382. The van der Waals surface area contributed by atoms with Crippen LogP contribution in [0.1, 0.15) is 19.3 Å². The Morgan fingerprint density at radius 3 is 2.58 bits per heavy atom. The predicted octanol–water partition coefficient (Wildman–Crippen LogP) is 0.491. The second kappa shape index (κ2) is 4.99. The number of hydrogen-bond donors (Lipinski definition) is 4. The molecule has 0 radical (unpaired) electrons. The highest BCUT2D eigenvalue weighted by atomic mass is 32.2. The monoisotopic (exact) mass is 285 g/mol. The van der Waals surface area contributed by atoms with Crippen molar-refractivity contribution < 1.29 is 13.5 Å². The highest BCUT2D eigenvalue weighted by Gasteiger charge is 2.41. The summed E-state index contributed by atoms with van der Waals surface area (Å²) in [6.07, 6.45) is 2.87. The van der Waals surface area contributed by atoms with Crippen molar-refractivity contribution in [2.75, 3.05) is 24.2 Å². The number of aliphatic hydroxyl groups is 1. The second-order valence-electron chi connectivity index (χ2n) is 5.12. The van der Waals surface area contributed by atoms with E-state index < -0.39 is 10.0 Å². The van der Waals surface area contributed by atoms with E-state index in [4.69, 9.17) is 16.0 Å². The molecule has 1 fully saturated rings. The van der Waals surface area contributed by atoms with E-state index in [1.807, 2.05) is 0 Å². The first-order chi connectivity index (χ1) is 8.86. The molecule has 0 bridgehead atoms. The van der Waals surface area contributed by atoms with Gasteiger partial charge in [0.05, 0.1) is 16.3 Å². The number of aliphatic hydroxyl groups excluding tert-OH is 1. The van der Waals surface area contributed by atoms with E-state index >= 15 is 0 Å². The topological polar surface area (TPSA) is 118 Å². The average Bonchev–Trinajstić information content (AvgIpc) is 3.07. The van der Waals surface area contributed by atoms with Gasteiger partial charge in [0.15, 0.2) is 0 Å². The summed E-state index contributed by atoms with van der Waals surface area (Å²) in [7, 11) is -3.73. The van der Waals surface area contributed by atoms with Crippen LogP contribution in [0.25, 0.3) is 0 Å². The number of nitrogen functional groups attached to an aromatic ring is 1. The lowest BCUT2D eigenvalue weighted by Gasteiger charge is -2.17. The van der Waals surface area contributed by atoms with Gasteiger partial charge in [0.1, 0.15) is 0 Å². The van der Waals surface area contributed by atoms with Crippen LogP contribution < -0.4 is 16.2 Å². The molecule has 1 saturated carbocycles. The van der Waals surface area contributed by atoms with Crippen molar-refractivity contribution in [3.05, 3.63) is 18.2 Å². The van der Waals surface area contributed by atoms with Crippen molar-refractivity contribution in [1.29, 1.82) is 0 Å². The van der Waals surface area contributed by atoms with E-state index in [1.165, 1.54) is 18.2 Å². The number of nitrogens with two attached hydrogens (primary N) is 2. The van der Waals surface area contributed by atoms with Crippen molar-refractivity contribution in [1.82, 2.24) is 0 Å². The molecule has 0 spiro atoms. The van der Waals surface area contributed by atoms with Crippen LogP contribution in [0.5, 0.6) is 0 Å². The fourth-order valence-electron chi connectivity index (χ4n) is 2.08. The summed E-state index contributed by atoms with van der Waals surface area (Å²) in [6.45, 7) is 0.834. The summed E-state index contributed by atoms with van der Waals surface area (Å²) in [5.41, 5.74) is 6.98. The van der Waals surface area contributed by atoms with Gasteiger partial charge in [-0.3, -0.25) is 0 Å². The van der Waals surface area contributed by atoms with Crippen LogP contribution in [0.4, 0.5) is 11.4 Å². The van der Waals surface area contributed by atoms with Crippen LogP contribution in [0, 0.1) is 5.41 Å².